The van der Waals surface area contributed by atoms with Crippen molar-refractivity contribution < 1.29 is 9.66 Å². The number of hydrogen-bond acceptors (Lipinski definition) is 6. The van der Waals surface area contributed by atoms with E-state index >= 15 is 0 Å². The summed E-state index contributed by atoms with van der Waals surface area (Å²) in [6, 6.07) is 22.4. The summed E-state index contributed by atoms with van der Waals surface area (Å²) in [7, 11) is 1.64. The van der Waals surface area contributed by atoms with Gasteiger partial charge in [-0.3, -0.25) is 14.7 Å². The molecule has 3 aromatic carbocycles. The highest BCUT2D eigenvalue weighted by atomic mass is 32.2. The Balaban J connectivity index is 1.69. The maximum absolute atomic E-state index is 10.9. The van der Waals surface area contributed by atoms with Crippen LogP contribution in [0.25, 0.3) is 17.1 Å². The molecule has 0 aliphatic heterocycles. The molecule has 7 nitrogen and oxygen atoms in total. The SMILES string of the molecule is COc1ccc(-n2c(SCc3ccc([N+](=O)[O-])cc3)nnc2-c2cccc(C)c2)cc1. The summed E-state index contributed by atoms with van der Waals surface area (Å²) in [5, 5.41) is 20.5. The Kier molecular flexibility index (Phi) is 5.99. The van der Waals surface area contributed by atoms with E-state index in [0.717, 1.165) is 39.1 Å². The quantitative estimate of drug-likeness (QED) is 0.219. The molecule has 31 heavy (non-hydrogen) atoms. The number of nitrogens with zero attached hydrogens (tertiary/aromatic N) is 4. The van der Waals surface area contributed by atoms with Gasteiger partial charge in [0.05, 0.1) is 12.0 Å². The molecule has 4 rings (SSSR count). The Morgan fingerprint density at radius 3 is 2.42 bits per heavy atom. The van der Waals surface area contributed by atoms with Gasteiger partial charge in [0.2, 0.25) is 0 Å². The largest absolute Gasteiger partial charge is 0.497 e. The first kappa shape index (κ1) is 20.6. The highest BCUT2D eigenvalue weighted by Gasteiger charge is 2.17. The minimum atomic E-state index is -0.397. The third-order valence-electron chi connectivity index (χ3n) is 4.76. The maximum atomic E-state index is 10.9. The lowest BCUT2D eigenvalue weighted by molar-refractivity contribution is -0.384. The van der Waals surface area contributed by atoms with Crippen LogP contribution in [0.2, 0.25) is 0 Å². The normalized spacial score (nSPS) is 10.8. The van der Waals surface area contributed by atoms with Crippen molar-refractivity contribution in [3.05, 3.63) is 94.0 Å². The number of nitro groups is 1. The molecular weight excluding hydrogens is 412 g/mol. The summed E-state index contributed by atoms with van der Waals surface area (Å²) >= 11 is 1.53. The Hall–Kier alpha value is -3.65. The third-order valence-corrected chi connectivity index (χ3v) is 5.76. The summed E-state index contributed by atoms with van der Waals surface area (Å²) in [4.78, 5) is 10.5. The fourth-order valence-electron chi connectivity index (χ4n) is 3.16. The molecule has 0 radical (unpaired) electrons. The second-order valence-corrected chi connectivity index (χ2v) is 7.86. The monoisotopic (exact) mass is 432 g/mol. The number of aromatic nitrogens is 3. The Labute approximate surface area is 183 Å². The Morgan fingerprint density at radius 1 is 1.03 bits per heavy atom. The number of hydrogen-bond donors (Lipinski definition) is 0. The van der Waals surface area contributed by atoms with Crippen molar-refractivity contribution in [3.63, 3.8) is 0 Å². The summed E-state index contributed by atoms with van der Waals surface area (Å²) in [5.74, 6) is 2.13. The van der Waals surface area contributed by atoms with Crippen LogP contribution in [-0.4, -0.2) is 26.8 Å². The average Bonchev–Trinajstić information content (AvgIpc) is 3.22. The van der Waals surface area contributed by atoms with Crippen molar-refractivity contribution in [2.24, 2.45) is 0 Å². The predicted molar refractivity (Wildman–Crippen MR) is 121 cm³/mol. The first-order chi connectivity index (χ1) is 15.0. The van der Waals surface area contributed by atoms with Crippen LogP contribution in [0.15, 0.2) is 78.0 Å². The van der Waals surface area contributed by atoms with E-state index in [2.05, 4.69) is 16.3 Å². The zero-order valence-electron chi connectivity index (χ0n) is 17.1. The van der Waals surface area contributed by atoms with E-state index in [0.29, 0.717) is 5.75 Å². The smallest absolute Gasteiger partial charge is 0.269 e. The second-order valence-electron chi connectivity index (χ2n) is 6.92. The van der Waals surface area contributed by atoms with Crippen LogP contribution in [0.4, 0.5) is 5.69 Å². The summed E-state index contributed by atoms with van der Waals surface area (Å²) in [6.45, 7) is 2.04. The van der Waals surface area contributed by atoms with Gasteiger partial charge < -0.3 is 4.74 Å². The third kappa shape index (κ3) is 4.59. The van der Waals surface area contributed by atoms with Crippen molar-refractivity contribution in [3.8, 4) is 22.8 Å². The van der Waals surface area contributed by atoms with Crippen molar-refractivity contribution in [1.82, 2.24) is 14.8 Å². The van der Waals surface area contributed by atoms with Gasteiger partial charge in [-0.15, -0.1) is 10.2 Å². The van der Waals surface area contributed by atoms with Gasteiger partial charge in [-0.05, 0) is 42.8 Å². The van der Waals surface area contributed by atoms with Crippen LogP contribution in [0, 0.1) is 17.0 Å². The van der Waals surface area contributed by atoms with Crippen LogP contribution < -0.4 is 4.74 Å². The number of benzene rings is 3. The van der Waals surface area contributed by atoms with E-state index in [1.54, 1.807) is 19.2 Å². The molecule has 0 amide bonds. The summed E-state index contributed by atoms with van der Waals surface area (Å²) < 4.78 is 7.30. The number of non-ortho nitro benzene ring substituents is 1. The van der Waals surface area contributed by atoms with Gasteiger partial charge in [-0.2, -0.15) is 0 Å². The molecule has 0 saturated carbocycles. The summed E-state index contributed by atoms with van der Waals surface area (Å²) in [6.07, 6.45) is 0. The molecule has 4 aromatic rings. The van der Waals surface area contributed by atoms with Crippen LogP contribution in [0.1, 0.15) is 11.1 Å². The van der Waals surface area contributed by atoms with E-state index in [9.17, 15) is 10.1 Å². The molecule has 1 heterocycles. The Bertz CT molecular complexity index is 1200. The van der Waals surface area contributed by atoms with Gasteiger partial charge in [0, 0.05) is 29.1 Å². The minimum Gasteiger partial charge on any atom is -0.497 e. The van der Waals surface area contributed by atoms with Crippen LogP contribution in [-0.2, 0) is 5.75 Å². The number of nitro benzene ring substituents is 1. The maximum Gasteiger partial charge on any atom is 0.269 e. The fraction of sp³-hybridized carbons (Fsp3) is 0.130. The molecule has 0 aliphatic rings. The van der Waals surface area contributed by atoms with Crippen molar-refractivity contribution in [2.45, 2.75) is 17.8 Å². The van der Waals surface area contributed by atoms with Gasteiger partial charge >= 0.3 is 0 Å². The standard InChI is InChI=1S/C23H20N4O3S/c1-16-4-3-5-18(14-16)22-24-25-23(26(22)19-10-12-21(30-2)13-11-19)31-15-17-6-8-20(9-7-17)27(28)29/h3-14H,15H2,1-2H3. The number of aryl methyl sites for hydroxylation is 1. The molecule has 0 saturated heterocycles. The van der Waals surface area contributed by atoms with Gasteiger partial charge in [-0.25, -0.2) is 0 Å². The van der Waals surface area contributed by atoms with Gasteiger partial charge in [0.15, 0.2) is 11.0 Å². The van der Waals surface area contributed by atoms with E-state index in [-0.39, 0.29) is 5.69 Å². The average molecular weight is 433 g/mol. The first-order valence-corrected chi connectivity index (χ1v) is 10.6. The topological polar surface area (TPSA) is 83.1 Å². The van der Waals surface area contributed by atoms with Crippen molar-refractivity contribution in [2.75, 3.05) is 7.11 Å². The van der Waals surface area contributed by atoms with Gasteiger partial charge in [0.1, 0.15) is 5.75 Å². The van der Waals surface area contributed by atoms with Crippen molar-refractivity contribution >= 4 is 17.4 Å². The Morgan fingerprint density at radius 2 is 1.77 bits per heavy atom. The number of ether oxygens (including phenoxy) is 1. The van der Waals surface area contributed by atoms with Gasteiger partial charge in [-0.1, -0.05) is 47.7 Å². The molecule has 1 aromatic heterocycles. The molecule has 0 aliphatic carbocycles. The second kappa shape index (κ2) is 9.01. The highest BCUT2D eigenvalue weighted by Crippen LogP contribution is 2.31. The van der Waals surface area contributed by atoms with Crippen LogP contribution >= 0.6 is 11.8 Å². The molecule has 0 unspecified atom stereocenters. The molecule has 0 N–H and O–H groups in total. The van der Waals surface area contributed by atoms with E-state index in [1.807, 2.05) is 54.0 Å². The van der Waals surface area contributed by atoms with Crippen LogP contribution in [0.5, 0.6) is 5.75 Å². The van der Waals surface area contributed by atoms with Crippen molar-refractivity contribution in [1.29, 1.82) is 0 Å². The zero-order chi connectivity index (χ0) is 21.8. The summed E-state index contributed by atoms with van der Waals surface area (Å²) in [5.41, 5.74) is 4.09. The molecule has 8 heteroatoms. The van der Waals surface area contributed by atoms with E-state index in [1.165, 1.54) is 23.9 Å². The number of methoxy groups -OCH3 is 1. The lowest BCUT2D eigenvalue weighted by Crippen LogP contribution is -2.00. The number of thioether (sulfide) groups is 1. The zero-order valence-corrected chi connectivity index (χ0v) is 17.9. The molecule has 0 atom stereocenters. The minimum absolute atomic E-state index is 0.0804. The lowest BCUT2D eigenvalue weighted by Gasteiger charge is -2.11. The molecule has 156 valence electrons. The lowest BCUT2D eigenvalue weighted by atomic mass is 10.1. The van der Waals surface area contributed by atoms with Crippen LogP contribution in [0.3, 0.4) is 0 Å². The fourth-order valence-corrected chi connectivity index (χ4v) is 4.07. The highest BCUT2D eigenvalue weighted by molar-refractivity contribution is 7.98. The predicted octanol–water partition coefficient (Wildman–Crippen LogP) is 5.45. The molecule has 0 bridgehead atoms. The molecule has 0 spiro atoms. The molecular formula is C23H20N4O3S. The van der Waals surface area contributed by atoms with E-state index < -0.39 is 4.92 Å². The van der Waals surface area contributed by atoms with Gasteiger partial charge in [0.25, 0.3) is 5.69 Å². The number of rotatable bonds is 7. The van der Waals surface area contributed by atoms with E-state index in [4.69, 9.17) is 4.74 Å². The molecule has 0 fully saturated rings. The first-order valence-electron chi connectivity index (χ1n) is 9.58.